The summed E-state index contributed by atoms with van der Waals surface area (Å²) in [6.45, 7) is 3.17. The fourth-order valence-electron chi connectivity index (χ4n) is 1.85. The highest BCUT2D eigenvalue weighted by molar-refractivity contribution is 6.32. The molecule has 0 aliphatic heterocycles. The molecule has 0 aliphatic rings. The average molecular weight is 326 g/mol. The normalized spacial score (nSPS) is 10.3. The van der Waals surface area contributed by atoms with Crippen LogP contribution in [0.5, 0.6) is 11.5 Å². The monoisotopic (exact) mass is 325 g/mol. The van der Waals surface area contributed by atoms with Gasteiger partial charge in [-0.3, -0.25) is 0 Å². The Balaban J connectivity index is 1.81. The van der Waals surface area contributed by atoms with Crippen molar-refractivity contribution < 1.29 is 9.47 Å². The molecule has 0 heterocycles. The minimum absolute atomic E-state index is 0.546. The van der Waals surface area contributed by atoms with Crippen molar-refractivity contribution in [3.05, 3.63) is 52.0 Å². The highest BCUT2D eigenvalue weighted by Gasteiger charge is 2.02. The van der Waals surface area contributed by atoms with E-state index in [4.69, 9.17) is 32.7 Å². The second kappa shape index (κ2) is 7.43. The Labute approximate surface area is 134 Å². The van der Waals surface area contributed by atoms with Gasteiger partial charge in [0.05, 0.1) is 12.1 Å². The maximum atomic E-state index is 6.06. The Kier molecular flexibility index (Phi) is 5.59. The lowest BCUT2D eigenvalue weighted by Crippen LogP contribution is -2.11. The maximum Gasteiger partial charge on any atom is 0.137 e. The van der Waals surface area contributed by atoms with Gasteiger partial charge in [0, 0.05) is 17.3 Å². The summed E-state index contributed by atoms with van der Waals surface area (Å²) in [6, 6.07) is 11.2. The summed E-state index contributed by atoms with van der Waals surface area (Å²) in [4.78, 5) is 0. The number of hydrogen-bond acceptors (Lipinski definition) is 3. The molecule has 0 atom stereocenters. The first-order valence-electron chi connectivity index (χ1n) is 6.56. The lowest BCUT2D eigenvalue weighted by Gasteiger charge is -2.11. The van der Waals surface area contributed by atoms with Crippen LogP contribution in [0.1, 0.15) is 5.56 Å². The number of benzene rings is 2. The molecule has 0 radical (unpaired) electrons. The van der Waals surface area contributed by atoms with E-state index in [1.807, 2.05) is 43.3 Å². The van der Waals surface area contributed by atoms with Crippen LogP contribution in [-0.2, 0) is 0 Å². The number of ether oxygens (including phenoxy) is 2. The van der Waals surface area contributed by atoms with Gasteiger partial charge in [0.2, 0.25) is 0 Å². The van der Waals surface area contributed by atoms with Crippen molar-refractivity contribution in [2.75, 3.05) is 25.6 Å². The van der Waals surface area contributed by atoms with E-state index < -0.39 is 0 Å². The Morgan fingerprint density at radius 2 is 1.86 bits per heavy atom. The Bertz CT molecular complexity index is 617. The zero-order chi connectivity index (χ0) is 15.2. The summed E-state index contributed by atoms with van der Waals surface area (Å²) >= 11 is 12.0. The molecule has 1 N–H and O–H groups in total. The molecule has 112 valence electrons. The van der Waals surface area contributed by atoms with Crippen LogP contribution in [0.25, 0.3) is 0 Å². The van der Waals surface area contributed by atoms with Crippen LogP contribution in [0.2, 0.25) is 10.0 Å². The molecule has 0 bridgehead atoms. The number of anilines is 1. The molecule has 0 aromatic heterocycles. The first-order valence-corrected chi connectivity index (χ1v) is 7.32. The maximum absolute atomic E-state index is 6.06. The molecule has 5 heteroatoms. The quantitative estimate of drug-likeness (QED) is 0.774. The molecule has 0 saturated carbocycles. The first kappa shape index (κ1) is 15.8. The predicted molar refractivity (Wildman–Crippen MR) is 88.2 cm³/mol. The second-order valence-corrected chi connectivity index (χ2v) is 5.35. The molecule has 0 unspecified atom stereocenters. The summed E-state index contributed by atoms with van der Waals surface area (Å²) in [7, 11) is 1.59. The van der Waals surface area contributed by atoms with E-state index in [0.717, 1.165) is 22.0 Å². The molecule has 3 nitrogen and oxygen atoms in total. The fraction of sp³-hybridized carbons (Fsp3) is 0.250. The van der Waals surface area contributed by atoms with Gasteiger partial charge in [-0.05, 0) is 48.9 Å². The van der Waals surface area contributed by atoms with Gasteiger partial charge in [0.15, 0.2) is 0 Å². The van der Waals surface area contributed by atoms with Crippen molar-refractivity contribution in [1.29, 1.82) is 0 Å². The summed E-state index contributed by atoms with van der Waals surface area (Å²) in [6.07, 6.45) is 0. The molecule has 21 heavy (non-hydrogen) atoms. The number of rotatable bonds is 6. The van der Waals surface area contributed by atoms with Crippen LogP contribution in [0.15, 0.2) is 36.4 Å². The average Bonchev–Trinajstić information content (AvgIpc) is 2.47. The Morgan fingerprint density at radius 3 is 2.52 bits per heavy atom. The third kappa shape index (κ3) is 4.45. The SMILES string of the molecule is COc1ccc(NCCOc2ccc(Cl)c(C)c2)cc1Cl. The third-order valence-corrected chi connectivity index (χ3v) is 3.70. The third-order valence-electron chi connectivity index (χ3n) is 2.98. The Morgan fingerprint density at radius 1 is 1.05 bits per heavy atom. The van der Waals surface area contributed by atoms with Crippen molar-refractivity contribution >= 4 is 28.9 Å². The lowest BCUT2D eigenvalue weighted by atomic mass is 10.2. The van der Waals surface area contributed by atoms with Gasteiger partial charge >= 0.3 is 0 Å². The van der Waals surface area contributed by atoms with E-state index >= 15 is 0 Å². The molecular formula is C16H17Cl2NO2. The van der Waals surface area contributed by atoms with Gasteiger partial charge in [0.25, 0.3) is 0 Å². The zero-order valence-corrected chi connectivity index (χ0v) is 13.5. The van der Waals surface area contributed by atoms with Crippen molar-refractivity contribution in [2.24, 2.45) is 0 Å². The van der Waals surface area contributed by atoms with Gasteiger partial charge in [-0.2, -0.15) is 0 Å². The van der Waals surface area contributed by atoms with Crippen LogP contribution in [0, 0.1) is 6.92 Å². The fourth-order valence-corrected chi connectivity index (χ4v) is 2.22. The molecule has 0 saturated heterocycles. The van der Waals surface area contributed by atoms with Crippen molar-refractivity contribution in [3.8, 4) is 11.5 Å². The van der Waals surface area contributed by atoms with Crippen LogP contribution in [-0.4, -0.2) is 20.3 Å². The van der Waals surface area contributed by atoms with Crippen LogP contribution < -0.4 is 14.8 Å². The van der Waals surface area contributed by atoms with E-state index in [9.17, 15) is 0 Å². The molecule has 0 spiro atoms. The van der Waals surface area contributed by atoms with Crippen LogP contribution >= 0.6 is 23.2 Å². The van der Waals surface area contributed by atoms with E-state index in [1.165, 1.54) is 0 Å². The number of halogens is 2. The van der Waals surface area contributed by atoms with Gasteiger partial charge in [-0.25, -0.2) is 0 Å². The van der Waals surface area contributed by atoms with E-state index in [-0.39, 0.29) is 0 Å². The van der Waals surface area contributed by atoms with E-state index in [1.54, 1.807) is 7.11 Å². The smallest absolute Gasteiger partial charge is 0.137 e. The topological polar surface area (TPSA) is 30.5 Å². The minimum Gasteiger partial charge on any atom is -0.495 e. The molecule has 0 aliphatic carbocycles. The van der Waals surface area contributed by atoms with Gasteiger partial charge in [0.1, 0.15) is 18.1 Å². The van der Waals surface area contributed by atoms with Gasteiger partial charge in [-0.1, -0.05) is 23.2 Å². The number of methoxy groups -OCH3 is 1. The molecule has 2 aromatic carbocycles. The van der Waals surface area contributed by atoms with Gasteiger partial charge in [-0.15, -0.1) is 0 Å². The number of nitrogens with one attached hydrogen (secondary N) is 1. The van der Waals surface area contributed by atoms with E-state index in [2.05, 4.69) is 5.32 Å². The van der Waals surface area contributed by atoms with E-state index in [0.29, 0.717) is 23.9 Å². The zero-order valence-electron chi connectivity index (χ0n) is 12.0. The summed E-state index contributed by atoms with van der Waals surface area (Å²) in [5, 5.41) is 4.57. The van der Waals surface area contributed by atoms with Crippen LogP contribution in [0.4, 0.5) is 5.69 Å². The predicted octanol–water partition coefficient (Wildman–Crippen LogP) is 4.80. The highest BCUT2D eigenvalue weighted by atomic mass is 35.5. The van der Waals surface area contributed by atoms with Crippen molar-refractivity contribution in [3.63, 3.8) is 0 Å². The highest BCUT2D eigenvalue weighted by Crippen LogP contribution is 2.27. The Hall–Kier alpha value is -1.58. The number of aryl methyl sites for hydroxylation is 1. The summed E-state index contributed by atoms with van der Waals surface area (Å²) in [5.41, 5.74) is 1.93. The van der Waals surface area contributed by atoms with Gasteiger partial charge < -0.3 is 14.8 Å². The minimum atomic E-state index is 0.546. The molecular weight excluding hydrogens is 309 g/mol. The largest absolute Gasteiger partial charge is 0.495 e. The molecule has 2 rings (SSSR count). The summed E-state index contributed by atoms with van der Waals surface area (Å²) in [5.74, 6) is 1.47. The van der Waals surface area contributed by atoms with Crippen molar-refractivity contribution in [1.82, 2.24) is 0 Å². The standard InChI is InChI=1S/C16H17Cl2NO2/c1-11-9-13(4-5-14(11)17)21-8-7-19-12-3-6-16(20-2)15(18)10-12/h3-6,9-10,19H,7-8H2,1-2H3. The second-order valence-electron chi connectivity index (χ2n) is 4.54. The number of hydrogen-bond donors (Lipinski definition) is 1. The van der Waals surface area contributed by atoms with Crippen molar-refractivity contribution in [2.45, 2.75) is 6.92 Å². The molecule has 0 fully saturated rings. The first-order chi connectivity index (χ1) is 10.1. The van der Waals surface area contributed by atoms with Crippen LogP contribution in [0.3, 0.4) is 0 Å². The molecule has 0 amide bonds. The lowest BCUT2D eigenvalue weighted by molar-refractivity contribution is 0.332. The molecule has 2 aromatic rings. The summed E-state index contributed by atoms with van der Waals surface area (Å²) < 4.78 is 10.8.